The predicted octanol–water partition coefficient (Wildman–Crippen LogP) is -0.187. The molecule has 1 aromatic rings. The monoisotopic (exact) mass is 248 g/mol. The SMILES string of the molecule is CNC/C=C/C(=O)N1CCn2c(C=O)cnc2C1. The molecular formula is C12H16N4O2. The third-order valence-corrected chi connectivity index (χ3v) is 2.91. The van der Waals surface area contributed by atoms with Crippen LogP contribution in [0.15, 0.2) is 18.3 Å². The zero-order chi connectivity index (χ0) is 13.0. The first-order chi connectivity index (χ1) is 8.76. The molecule has 1 aliphatic heterocycles. The number of hydrogen-bond acceptors (Lipinski definition) is 4. The summed E-state index contributed by atoms with van der Waals surface area (Å²) in [4.78, 5) is 28.5. The first-order valence-corrected chi connectivity index (χ1v) is 5.86. The fraction of sp³-hybridized carbons (Fsp3) is 0.417. The number of fused-ring (bicyclic) bond motifs is 1. The smallest absolute Gasteiger partial charge is 0.246 e. The lowest BCUT2D eigenvalue weighted by molar-refractivity contribution is -0.127. The molecule has 1 N–H and O–H groups in total. The van der Waals surface area contributed by atoms with Gasteiger partial charge in [-0.25, -0.2) is 4.98 Å². The Morgan fingerprint density at radius 1 is 1.56 bits per heavy atom. The first kappa shape index (κ1) is 12.5. The molecule has 0 unspecified atom stereocenters. The van der Waals surface area contributed by atoms with Gasteiger partial charge in [-0.2, -0.15) is 0 Å². The second-order valence-corrected chi connectivity index (χ2v) is 4.09. The van der Waals surface area contributed by atoms with Crippen molar-refractivity contribution in [2.24, 2.45) is 0 Å². The van der Waals surface area contributed by atoms with Crippen molar-refractivity contribution in [3.63, 3.8) is 0 Å². The van der Waals surface area contributed by atoms with Crippen LogP contribution in [0.3, 0.4) is 0 Å². The maximum absolute atomic E-state index is 11.9. The summed E-state index contributed by atoms with van der Waals surface area (Å²) in [6.07, 6.45) is 5.70. The molecule has 1 aromatic heterocycles. The lowest BCUT2D eigenvalue weighted by Crippen LogP contribution is -2.38. The van der Waals surface area contributed by atoms with Crippen molar-refractivity contribution < 1.29 is 9.59 Å². The Morgan fingerprint density at radius 2 is 2.39 bits per heavy atom. The number of nitrogens with one attached hydrogen (secondary N) is 1. The van der Waals surface area contributed by atoms with E-state index in [9.17, 15) is 9.59 Å². The van der Waals surface area contributed by atoms with E-state index in [1.165, 1.54) is 0 Å². The Bertz CT molecular complexity index is 478. The molecule has 1 aliphatic rings. The summed E-state index contributed by atoms with van der Waals surface area (Å²) < 4.78 is 1.86. The van der Waals surface area contributed by atoms with Crippen LogP contribution in [0, 0.1) is 0 Å². The lowest BCUT2D eigenvalue weighted by Gasteiger charge is -2.27. The number of carbonyl (C=O) groups excluding carboxylic acids is 2. The second-order valence-electron chi connectivity index (χ2n) is 4.09. The van der Waals surface area contributed by atoms with Gasteiger partial charge in [-0.15, -0.1) is 0 Å². The van der Waals surface area contributed by atoms with Crippen LogP contribution in [0.1, 0.15) is 16.3 Å². The van der Waals surface area contributed by atoms with Crippen LogP contribution in [0.2, 0.25) is 0 Å². The van der Waals surface area contributed by atoms with E-state index in [2.05, 4.69) is 10.3 Å². The summed E-state index contributed by atoms with van der Waals surface area (Å²) in [6.45, 7) is 2.35. The molecular weight excluding hydrogens is 232 g/mol. The van der Waals surface area contributed by atoms with E-state index in [1.807, 2.05) is 11.6 Å². The van der Waals surface area contributed by atoms with Gasteiger partial charge < -0.3 is 14.8 Å². The fourth-order valence-electron chi connectivity index (χ4n) is 1.95. The highest BCUT2D eigenvalue weighted by Gasteiger charge is 2.21. The molecule has 0 bridgehead atoms. The average Bonchev–Trinajstić information content (AvgIpc) is 2.80. The van der Waals surface area contributed by atoms with E-state index >= 15 is 0 Å². The summed E-state index contributed by atoms with van der Waals surface area (Å²) in [5, 5.41) is 2.94. The minimum Gasteiger partial charge on any atom is -0.330 e. The van der Waals surface area contributed by atoms with E-state index in [-0.39, 0.29) is 5.91 Å². The zero-order valence-corrected chi connectivity index (χ0v) is 10.3. The van der Waals surface area contributed by atoms with Crippen LogP contribution in [-0.4, -0.2) is 46.8 Å². The number of imidazole rings is 1. The molecule has 1 amide bonds. The van der Waals surface area contributed by atoms with Crippen molar-refractivity contribution >= 4 is 12.2 Å². The maximum atomic E-state index is 11.9. The number of aromatic nitrogens is 2. The number of nitrogens with zero attached hydrogens (tertiary/aromatic N) is 3. The van der Waals surface area contributed by atoms with E-state index in [0.29, 0.717) is 31.9 Å². The van der Waals surface area contributed by atoms with Crippen molar-refractivity contribution in [2.45, 2.75) is 13.1 Å². The lowest BCUT2D eigenvalue weighted by atomic mass is 10.3. The Labute approximate surface area is 105 Å². The Hall–Kier alpha value is -1.95. The second kappa shape index (κ2) is 5.59. The van der Waals surface area contributed by atoms with Gasteiger partial charge in [0, 0.05) is 25.7 Å². The molecule has 2 rings (SSSR count). The summed E-state index contributed by atoms with van der Waals surface area (Å²) in [7, 11) is 1.83. The number of hydrogen-bond donors (Lipinski definition) is 1. The van der Waals surface area contributed by atoms with Crippen molar-refractivity contribution in [1.82, 2.24) is 19.8 Å². The van der Waals surface area contributed by atoms with Crippen LogP contribution >= 0.6 is 0 Å². The van der Waals surface area contributed by atoms with Gasteiger partial charge in [0.1, 0.15) is 11.5 Å². The molecule has 0 radical (unpaired) electrons. The van der Waals surface area contributed by atoms with Gasteiger partial charge in [-0.1, -0.05) is 6.08 Å². The van der Waals surface area contributed by atoms with Gasteiger partial charge in [0.15, 0.2) is 6.29 Å². The van der Waals surface area contributed by atoms with Crippen LogP contribution in [0.4, 0.5) is 0 Å². The fourth-order valence-corrected chi connectivity index (χ4v) is 1.95. The molecule has 2 heterocycles. The minimum atomic E-state index is -0.0212. The van der Waals surface area contributed by atoms with Crippen molar-refractivity contribution in [3.8, 4) is 0 Å². The van der Waals surface area contributed by atoms with Crippen LogP contribution in [0.25, 0.3) is 0 Å². The zero-order valence-electron chi connectivity index (χ0n) is 10.3. The number of likely N-dealkylation sites (N-methyl/N-ethyl adjacent to an activating group) is 1. The highest BCUT2D eigenvalue weighted by molar-refractivity contribution is 5.87. The molecule has 96 valence electrons. The van der Waals surface area contributed by atoms with Crippen molar-refractivity contribution in [3.05, 3.63) is 29.9 Å². The standard InChI is InChI=1S/C12H16N4O2/c1-13-4-2-3-12(18)15-5-6-16-10(9-17)7-14-11(16)8-15/h2-3,7,9,13H,4-6,8H2,1H3/b3-2+. The van der Waals surface area contributed by atoms with Gasteiger partial charge >= 0.3 is 0 Å². The van der Waals surface area contributed by atoms with E-state index < -0.39 is 0 Å². The van der Waals surface area contributed by atoms with Crippen molar-refractivity contribution in [1.29, 1.82) is 0 Å². The predicted molar refractivity (Wildman–Crippen MR) is 66.1 cm³/mol. The molecule has 0 saturated carbocycles. The third kappa shape index (κ3) is 2.48. The van der Waals surface area contributed by atoms with Gasteiger partial charge in [-0.3, -0.25) is 9.59 Å². The topological polar surface area (TPSA) is 67.2 Å². The number of carbonyl (C=O) groups is 2. The van der Waals surface area contributed by atoms with Gasteiger partial charge in [0.05, 0.1) is 12.7 Å². The molecule has 0 saturated heterocycles. The van der Waals surface area contributed by atoms with Gasteiger partial charge in [-0.05, 0) is 7.05 Å². The Morgan fingerprint density at radius 3 is 3.11 bits per heavy atom. The molecule has 0 atom stereocenters. The van der Waals surface area contributed by atoms with Crippen molar-refractivity contribution in [2.75, 3.05) is 20.1 Å². The third-order valence-electron chi connectivity index (χ3n) is 2.91. The maximum Gasteiger partial charge on any atom is 0.246 e. The average molecular weight is 248 g/mol. The number of aldehydes is 1. The van der Waals surface area contributed by atoms with E-state index in [4.69, 9.17) is 0 Å². The Balaban J connectivity index is 2.03. The van der Waals surface area contributed by atoms with E-state index in [0.717, 1.165) is 12.1 Å². The molecule has 6 nitrogen and oxygen atoms in total. The Kier molecular flexibility index (Phi) is 3.88. The number of rotatable bonds is 4. The normalized spacial score (nSPS) is 14.8. The first-order valence-electron chi connectivity index (χ1n) is 5.86. The molecule has 6 heteroatoms. The summed E-state index contributed by atoms with van der Waals surface area (Å²) in [5.41, 5.74) is 0.572. The largest absolute Gasteiger partial charge is 0.330 e. The molecule has 18 heavy (non-hydrogen) atoms. The van der Waals surface area contributed by atoms with Crippen LogP contribution in [-0.2, 0) is 17.9 Å². The molecule has 0 fully saturated rings. The summed E-state index contributed by atoms with van der Waals surface area (Å²) in [6, 6.07) is 0. The van der Waals surface area contributed by atoms with Crippen LogP contribution < -0.4 is 5.32 Å². The van der Waals surface area contributed by atoms with E-state index in [1.54, 1.807) is 23.2 Å². The highest BCUT2D eigenvalue weighted by Crippen LogP contribution is 2.13. The quantitative estimate of drug-likeness (QED) is 0.592. The molecule has 0 aliphatic carbocycles. The summed E-state index contributed by atoms with van der Waals surface area (Å²) in [5.74, 6) is 0.742. The van der Waals surface area contributed by atoms with Gasteiger partial charge in [0.25, 0.3) is 0 Å². The highest BCUT2D eigenvalue weighted by atomic mass is 16.2. The molecule has 0 aromatic carbocycles. The van der Waals surface area contributed by atoms with Crippen LogP contribution in [0.5, 0.6) is 0 Å². The minimum absolute atomic E-state index is 0.0212. The molecule has 0 spiro atoms. The van der Waals surface area contributed by atoms with Gasteiger partial charge in [0.2, 0.25) is 5.91 Å². The summed E-state index contributed by atoms with van der Waals surface area (Å²) >= 11 is 0. The number of amides is 1.